The summed E-state index contributed by atoms with van der Waals surface area (Å²) in [6, 6.07) is 3.58. The van der Waals surface area contributed by atoms with Crippen LogP contribution in [0.25, 0.3) is 0 Å². The lowest BCUT2D eigenvalue weighted by Gasteiger charge is -2.33. The minimum absolute atomic E-state index is 0.0515. The standard InChI is InChI=1S/C20H25N3O2S/c24-20(22-13-16-14-26-18-6-2-1-5-17(16)18)19(15-4-3-7-21-12-15)23-8-10-25-11-9-23/h3-4,7,12,14,19H,1-2,5-6,8-11,13H2,(H,22,24). The highest BCUT2D eigenvalue weighted by atomic mass is 32.1. The normalized spacial score (nSPS) is 18.9. The van der Waals surface area contributed by atoms with Gasteiger partial charge in [0, 0.05) is 36.9 Å². The van der Waals surface area contributed by atoms with Crippen LogP contribution in [0.2, 0.25) is 0 Å². The number of amides is 1. The Bertz CT molecular complexity index is 741. The van der Waals surface area contributed by atoms with Crippen molar-refractivity contribution >= 4 is 17.2 Å². The van der Waals surface area contributed by atoms with Crippen molar-refractivity contribution in [3.63, 3.8) is 0 Å². The van der Waals surface area contributed by atoms with E-state index in [1.807, 2.05) is 23.5 Å². The van der Waals surface area contributed by atoms with Gasteiger partial charge in [-0.2, -0.15) is 0 Å². The Labute approximate surface area is 158 Å². The molecule has 0 radical (unpaired) electrons. The Kier molecular flexibility index (Phi) is 5.62. The third-order valence-corrected chi connectivity index (χ3v) is 6.40. The van der Waals surface area contributed by atoms with Gasteiger partial charge in [0.15, 0.2) is 0 Å². The van der Waals surface area contributed by atoms with Crippen molar-refractivity contribution in [3.05, 3.63) is 51.5 Å². The van der Waals surface area contributed by atoms with Crippen molar-refractivity contribution in [1.82, 2.24) is 15.2 Å². The first kappa shape index (κ1) is 17.6. The summed E-state index contributed by atoms with van der Waals surface area (Å²) in [4.78, 5) is 21.0. The van der Waals surface area contributed by atoms with Crippen LogP contribution in [0.5, 0.6) is 0 Å². The van der Waals surface area contributed by atoms with Crippen LogP contribution in [0.3, 0.4) is 0 Å². The number of pyridine rings is 1. The lowest BCUT2D eigenvalue weighted by Crippen LogP contribution is -2.45. The van der Waals surface area contributed by atoms with Gasteiger partial charge in [-0.3, -0.25) is 14.7 Å². The van der Waals surface area contributed by atoms with Crippen molar-refractivity contribution < 1.29 is 9.53 Å². The van der Waals surface area contributed by atoms with Gasteiger partial charge in [-0.15, -0.1) is 11.3 Å². The molecule has 0 spiro atoms. The minimum Gasteiger partial charge on any atom is -0.379 e. The summed E-state index contributed by atoms with van der Waals surface area (Å²) in [6.07, 6.45) is 8.44. The van der Waals surface area contributed by atoms with Crippen molar-refractivity contribution in [2.45, 2.75) is 38.3 Å². The number of carbonyl (C=O) groups is 1. The highest BCUT2D eigenvalue weighted by molar-refractivity contribution is 7.10. The number of thiophene rings is 1. The molecule has 0 bridgehead atoms. The van der Waals surface area contributed by atoms with Gasteiger partial charge < -0.3 is 10.1 Å². The zero-order valence-electron chi connectivity index (χ0n) is 14.9. The molecule has 1 atom stereocenters. The van der Waals surface area contributed by atoms with Gasteiger partial charge in [-0.05, 0) is 53.8 Å². The highest BCUT2D eigenvalue weighted by Gasteiger charge is 2.29. The number of morpholine rings is 1. The number of aromatic nitrogens is 1. The Morgan fingerprint density at radius 2 is 2.15 bits per heavy atom. The average Bonchev–Trinajstić information content (AvgIpc) is 3.11. The Balaban J connectivity index is 1.48. The molecule has 1 saturated heterocycles. The molecule has 2 aromatic heterocycles. The number of rotatable bonds is 5. The van der Waals surface area contributed by atoms with Crippen LogP contribution >= 0.6 is 11.3 Å². The van der Waals surface area contributed by atoms with Gasteiger partial charge in [0.25, 0.3) is 0 Å². The summed E-state index contributed by atoms with van der Waals surface area (Å²) in [5, 5.41) is 5.41. The molecule has 5 nitrogen and oxygen atoms in total. The Hall–Kier alpha value is -1.76. The molecule has 1 unspecified atom stereocenters. The Morgan fingerprint density at radius 1 is 1.31 bits per heavy atom. The predicted molar refractivity (Wildman–Crippen MR) is 102 cm³/mol. The molecule has 1 N–H and O–H groups in total. The second-order valence-electron chi connectivity index (χ2n) is 6.92. The van der Waals surface area contributed by atoms with Crippen molar-refractivity contribution in [1.29, 1.82) is 0 Å². The quantitative estimate of drug-likeness (QED) is 0.878. The molecule has 0 aromatic carbocycles. The molecule has 26 heavy (non-hydrogen) atoms. The lowest BCUT2D eigenvalue weighted by atomic mass is 9.96. The number of hydrogen-bond acceptors (Lipinski definition) is 5. The number of aryl methyl sites for hydroxylation is 1. The monoisotopic (exact) mass is 371 g/mol. The topological polar surface area (TPSA) is 54.5 Å². The zero-order valence-corrected chi connectivity index (χ0v) is 15.8. The molecular weight excluding hydrogens is 346 g/mol. The van der Waals surface area contributed by atoms with Crippen LogP contribution in [0.1, 0.15) is 40.5 Å². The first-order valence-electron chi connectivity index (χ1n) is 9.40. The Morgan fingerprint density at radius 3 is 2.96 bits per heavy atom. The van der Waals surface area contributed by atoms with E-state index in [2.05, 4.69) is 20.6 Å². The summed E-state index contributed by atoms with van der Waals surface area (Å²) >= 11 is 1.85. The van der Waals surface area contributed by atoms with Gasteiger partial charge >= 0.3 is 0 Å². The third-order valence-electron chi connectivity index (χ3n) is 5.26. The summed E-state index contributed by atoms with van der Waals surface area (Å²) in [6.45, 7) is 3.48. The molecule has 1 amide bonds. The summed E-state index contributed by atoms with van der Waals surface area (Å²) in [5.74, 6) is 0.0515. The average molecular weight is 372 g/mol. The molecule has 2 aromatic rings. The first-order chi connectivity index (χ1) is 12.8. The van der Waals surface area contributed by atoms with Gasteiger partial charge in [-0.1, -0.05) is 6.07 Å². The molecule has 1 aliphatic heterocycles. The summed E-state index contributed by atoms with van der Waals surface area (Å²) in [5.41, 5.74) is 3.72. The molecule has 138 valence electrons. The second-order valence-corrected chi connectivity index (χ2v) is 7.89. The van der Waals surface area contributed by atoms with E-state index in [-0.39, 0.29) is 11.9 Å². The van der Waals surface area contributed by atoms with E-state index in [0.29, 0.717) is 19.8 Å². The van der Waals surface area contributed by atoms with Crippen LogP contribution in [-0.2, 0) is 28.9 Å². The van der Waals surface area contributed by atoms with E-state index >= 15 is 0 Å². The van der Waals surface area contributed by atoms with E-state index in [4.69, 9.17) is 4.74 Å². The van der Waals surface area contributed by atoms with Gasteiger partial charge in [0.05, 0.1) is 13.2 Å². The van der Waals surface area contributed by atoms with E-state index in [9.17, 15) is 4.79 Å². The number of hydrogen-bond donors (Lipinski definition) is 1. The number of ether oxygens (including phenoxy) is 1. The molecule has 0 saturated carbocycles. The number of fused-ring (bicyclic) bond motifs is 1. The lowest BCUT2D eigenvalue weighted by molar-refractivity contribution is -0.128. The fraction of sp³-hybridized carbons (Fsp3) is 0.500. The maximum absolute atomic E-state index is 13.1. The molecule has 1 aliphatic carbocycles. The maximum Gasteiger partial charge on any atom is 0.242 e. The van der Waals surface area contributed by atoms with E-state index in [1.165, 1.54) is 35.3 Å². The maximum atomic E-state index is 13.1. The smallest absolute Gasteiger partial charge is 0.242 e. The minimum atomic E-state index is -0.304. The van der Waals surface area contributed by atoms with Crippen molar-refractivity contribution in [2.24, 2.45) is 0 Å². The van der Waals surface area contributed by atoms with Crippen LogP contribution in [0.15, 0.2) is 29.9 Å². The molecule has 1 fully saturated rings. The zero-order chi connectivity index (χ0) is 17.8. The molecule has 3 heterocycles. The van der Waals surface area contributed by atoms with Crippen molar-refractivity contribution in [3.8, 4) is 0 Å². The SMILES string of the molecule is O=C(NCc1csc2c1CCCC2)C(c1cccnc1)N1CCOCC1. The third kappa shape index (κ3) is 3.82. The van der Waals surface area contributed by atoms with Gasteiger partial charge in [-0.25, -0.2) is 0 Å². The fourth-order valence-corrected chi connectivity index (χ4v) is 5.04. The number of nitrogens with zero attached hydrogens (tertiary/aromatic N) is 2. The van der Waals surface area contributed by atoms with Gasteiger partial charge in [0.2, 0.25) is 5.91 Å². The molecule has 6 heteroatoms. The fourth-order valence-electron chi connectivity index (χ4n) is 3.89. The van der Waals surface area contributed by atoms with Crippen LogP contribution < -0.4 is 5.32 Å². The van der Waals surface area contributed by atoms with E-state index in [0.717, 1.165) is 25.1 Å². The van der Waals surface area contributed by atoms with E-state index < -0.39 is 0 Å². The van der Waals surface area contributed by atoms with Gasteiger partial charge in [0.1, 0.15) is 6.04 Å². The second kappa shape index (κ2) is 8.29. The predicted octanol–water partition coefficient (Wildman–Crippen LogP) is 2.71. The van der Waals surface area contributed by atoms with Crippen LogP contribution in [-0.4, -0.2) is 42.1 Å². The summed E-state index contributed by atoms with van der Waals surface area (Å²) < 4.78 is 5.46. The number of nitrogens with one attached hydrogen (secondary N) is 1. The van der Waals surface area contributed by atoms with Crippen molar-refractivity contribution in [2.75, 3.05) is 26.3 Å². The molecule has 2 aliphatic rings. The van der Waals surface area contributed by atoms with Crippen LogP contribution in [0, 0.1) is 0 Å². The largest absolute Gasteiger partial charge is 0.379 e. The molecular formula is C20H25N3O2S. The first-order valence-corrected chi connectivity index (χ1v) is 10.3. The highest BCUT2D eigenvalue weighted by Crippen LogP contribution is 2.30. The number of carbonyl (C=O) groups excluding carboxylic acids is 1. The molecule has 4 rings (SSSR count). The van der Waals surface area contributed by atoms with E-state index in [1.54, 1.807) is 12.4 Å². The summed E-state index contributed by atoms with van der Waals surface area (Å²) in [7, 11) is 0. The van der Waals surface area contributed by atoms with Crippen LogP contribution in [0.4, 0.5) is 0 Å².